The molecule has 0 unspecified atom stereocenters. The summed E-state index contributed by atoms with van der Waals surface area (Å²) in [5, 5.41) is 0. The Balaban J connectivity index is 2.18. The van der Waals surface area contributed by atoms with E-state index in [0.717, 1.165) is 19.3 Å². The van der Waals surface area contributed by atoms with E-state index < -0.39 is 3.79 Å². The van der Waals surface area contributed by atoms with Gasteiger partial charge in [0.1, 0.15) is 5.82 Å². The normalized spacial score (nSPS) is 11.8. The van der Waals surface area contributed by atoms with Crippen molar-refractivity contribution in [1.29, 1.82) is 0 Å². The number of rotatable bonds is 11. The van der Waals surface area contributed by atoms with Crippen molar-refractivity contribution in [1.82, 2.24) is 15.0 Å². The van der Waals surface area contributed by atoms with Crippen LogP contribution in [0.15, 0.2) is 0 Å². The van der Waals surface area contributed by atoms with Crippen LogP contribution in [0.25, 0.3) is 0 Å². The summed E-state index contributed by atoms with van der Waals surface area (Å²) in [7, 11) is 0. The minimum absolute atomic E-state index is 0.0945. The molecule has 0 spiro atoms. The third-order valence-corrected chi connectivity index (χ3v) is 4.21. The van der Waals surface area contributed by atoms with Gasteiger partial charge < -0.3 is 5.73 Å². The van der Waals surface area contributed by atoms with Gasteiger partial charge in [-0.15, -0.1) is 0 Å². The fourth-order valence-electron chi connectivity index (χ4n) is 2.45. The van der Waals surface area contributed by atoms with Crippen LogP contribution in [0.5, 0.6) is 0 Å². The minimum Gasteiger partial charge on any atom is -0.368 e. The van der Waals surface area contributed by atoms with Crippen molar-refractivity contribution < 1.29 is 0 Å². The number of alkyl halides is 3. The van der Waals surface area contributed by atoms with Crippen LogP contribution < -0.4 is 5.73 Å². The molecular formula is C16H27Cl3N4. The molecular weight excluding hydrogens is 355 g/mol. The molecule has 7 heteroatoms. The van der Waals surface area contributed by atoms with Crippen LogP contribution in [-0.4, -0.2) is 15.0 Å². The Morgan fingerprint density at radius 3 is 1.83 bits per heavy atom. The SMILES string of the molecule is CCCCCCCCCCCCc1nc(N)nc(C(Cl)(Cl)Cl)n1. The molecule has 0 aliphatic rings. The van der Waals surface area contributed by atoms with Crippen LogP contribution >= 0.6 is 34.8 Å². The maximum absolute atomic E-state index is 5.79. The topological polar surface area (TPSA) is 64.7 Å². The lowest BCUT2D eigenvalue weighted by Crippen LogP contribution is -2.13. The Kier molecular flexibility index (Phi) is 10.2. The van der Waals surface area contributed by atoms with Gasteiger partial charge in [-0.05, 0) is 6.42 Å². The van der Waals surface area contributed by atoms with E-state index in [1.807, 2.05) is 0 Å². The van der Waals surface area contributed by atoms with Crippen molar-refractivity contribution in [2.45, 2.75) is 81.3 Å². The summed E-state index contributed by atoms with van der Waals surface area (Å²) in [6.45, 7) is 2.25. The van der Waals surface area contributed by atoms with Crippen molar-refractivity contribution >= 4 is 40.8 Å². The molecule has 0 bridgehead atoms. The molecule has 0 radical (unpaired) electrons. The molecule has 23 heavy (non-hydrogen) atoms. The Hall–Kier alpha value is -0.320. The van der Waals surface area contributed by atoms with Crippen LogP contribution in [0.4, 0.5) is 5.95 Å². The number of hydrogen-bond donors (Lipinski definition) is 1. The number of nitrogens with zero attached hydrogens (tertiary/aromatic N) is 3. The van der Waals surface area contributed by atoms with Crippen molar-refractivity contribution in [3.63, 3.8) is 0 Å². The number of halogens is 3. The molecule has 0 fully saturated rings. The highest BCUT2D eigenvalue weighted by Gasteiger charge is 2.27. The zero-order chi connectivity index (χ0) is 17.1. The Morgan fingerprint density at radius 2 is 1.30 bits per heavy atom. The van der Waals surface area contributed by atoms with E-state index in [9.17, 15) is 0 Å². The van der Waals surface area contributed by atoms with E-state index in [1.165, 1.54) is 51.4 Å². The third-order valence-electron chi connectivity index (χ3n) is 3.71. The molecule has 0 saturated heterocycles. The van der Waals surface area contributed by atoms with Gasteiger partial charge in [-0.3, -0.25) is 0 Å². The first-order valence-corrected chi connectivity index (χ1v) is 9.64. The molecule has 1 aromatic rings. The molecule has 132 valence electrons. The van der Waals surface area contributed by atoms with Gasteiger partial charge in [-0.25, -0.2) is 4.98 Å². The second-order valence-electron chi connectivity index (χ2n) is 5.86. The summed E-state index contributed by atoms with van der Waals surface area (Å²) in [4.78, 5) is 12.1. The summed E-state index contributed by atoms with van der Waals surface area (Å²) in [5.74, 6) is 0.791. The van der Waals surface area contributed by atoms with Gasteiger partial charge >= 0.3 is 0 Å². The zero-order valence-corrected chi connectivity index (χ0v) is 16.1. The lowest BCUT2D eigenvalue weighted by Gasteiger charge is -2.10. The van der Waals surface area contributed by atoms with Gasteiger partial charge in [0.05, 0.1) is 0 Å². The smallest absolute Gasteiger partial charge is 0.250 e. The van der Waals surface area contributed by atoms with Crippen molar-refractivity contribution in [2.75, 3.05) is 5.73 Å². The molecule has 0 saturated carbocycles. The second-order valence-corrected chi connectivity index (χ2v) is 8.14. The number of hydrogen-bond acceptors (Lipinski definition) is 4. The predicted octanol–water partition coefficient (Wildman–Crippen LogP) is 5.74. The Morgan fingerprint density at radius 1 is 0.783 bits per heavy atom. The average Bonchev–Trinajstić information content (AvgIpc) is 2.48. The van der Waals surface area contributed by atoms with E-state index in [4.69, 9.17) is 40.5 Å². The van der Waals surface area contributed by atoms with Crippen LogP contribution in [0, 0.1) is 0 Å². The van der Waals surface area contributed by atoms with Crippen molar-refractivity contribution in [3.05, 3.63) is 11.6 Å². The maximum atomic E-state index is 5.79. The molecule has 0 aliphatic carbocycles. The standard InChI is InChI=1S/C16H27Cl3N4/c1-2-3-4-5-6-7-8-9-10-11-12-13-21-14(16(17,18)19)23-15(20)22-13/h2-12H2,1H3,(H2,20,21,22,23). The number of aromatic nitrogens is 3. The quantitative estimate of drug-likeness (QED) is 0.392. The molecule has 1 aromatic heterocycles. The third kappa shape index (κ3) is 9.53. The van der Waals surface area contributed by atoms with E-state index in [2.05, 4.69) is 21.9 Å². The summed E-state index contributed by atoms with van der Waals surface area (Å²) >= 11 is 17.4. The fourth-order valence-corrected chi connectivity index (χ4v) is 2.70. The van der Waals surface area contributed by atoms with Gasteiger partial charge in [-0.2, -0.15) is 9.97 Å². The Bertz CT molecular complexity index is 449. The van der Waals surface area contributed by atoms with Gasteiger partial charge in [0.2, 0.25) is 9.74 Å². The highest BCUT2D eigenvalue weighted by Crippen LogP contribution is 2.35. The molecule has 0 aromatic carbocycles. The largest absolute Gasteiger partial charge is 0.368 e. The monoisotopic (exact) mass is 380 g/mol. The van der Waals surface area contributed by atoms with E-state index in [-0.39, 0.29) is 11.8 Å². The molecule has 4 nitrogen and oxygen atoms in total. The van der Waals surface area contributed by atoms with Crippen molar-refractivity contribution in [3.8, 4) is 0 Å². The van der Waals surface area contributed by atoms with Gasteiger partial charge in [0, 0.05) is 6.42 Å². The summed E-state index contributed by atoms with van der Waals surface area (Å²) in [6.07, 6.45) is 13.6. The minimum atomic E-state index is -1.66. The highest BCUT2D eigenvalue weighted by molar-refractivity contribution is 6.66. The molecule has 0 atom stereocenters. The molecule has 1 heterocycles. The second kappa shape index (κ2) is 11.3. The van der Waals surface area contributed by atoms with Crippen LogP contribution in [-0.2, 0) is 10.2 Å². The summed E-state index contributed by atoms with van der Waals surface area (Å²) in [6, 6.07) is 0. The first-order valence-electron chi connectivity index (χ1n) is 8.51. The number of nitrogen functional groups attached to an aromatic ring is 1. The van der Waals surface area contributed by atoms with E-state index in [0.29, 0.717) is 5.82 Å². The number of unbranched alkanes of at least 4 members (excludes halogenated alkanes) is 9. The van der Waals surface area contributed by atoms with Gasteiger partial charge in [0.25, 0.3) is 0 Å². The molecule has 2 N–H and O–H groups in total. The van der Waals surface area contributed by atoms with Gasteiger partial charge in [-0.1, -0.05) is 99.5 Å². The lowest BCUT2D eigenvalue weighted by atomic mass is 10.1. The summed E-state index contributed by atoms with van der Waals surface area (Å²) < 4.78 is -1.66. The van der Waals surface area contributed by atoms with Crippen LogP contribution in [0.2, 0.25) is 0 Å². The Labute approximate surface area is 154 Å². The number of anilines is 1. The summed E-state index contributed by atoms with van der Waals surface area (Å²) in [5.41, 5.74) is 5.64. The van der Waals surface area contributed by atoms with Crippen LogP contribution in [0.1, 0.15) is 82.8 Å². The maximum Gasteiger partial charge on any atom is 0.250 e. The lowest BCUT2D eigenvalue weighted by molar-refractivity contribution is 0.553. The number of aryl methyl sites for hydroxylation is 1. The highest BCUT2D eigenvalue weighted by atomic mass is 35.6. The van der Waals surface area contributed by atoms with Crippen molar-refractivity contribution in [2.24, 2.45) is 0 Å². The fraction of sp³-hybridized carbons (Fsp3) is 0.812. The zero-order valence-electron chi connectivity index (χ0n) is 13.8. The van der Waals surface area contributed by atoms with Crippen LogP contribution in [0.3, 0.4) is 0 Å². The number of nitrogens with two attached hydrogens (primary N) is 1. The first-order chi connectivity index (χ1) is 10.9. The molecule has 0 amide bonds. The molecule has 0 aliphatic heterocycles. The van der Waals surface area contributed by atoms with Gasteiger partial charge in [0.15, 0.2) is 5.82 Å². The van der Waals surface area contributed by atoms with E-state index in [1.54, 1.807) is 0 Å². The first kappa shape index (κ1) is 20.7. The predicted molar refractivity (Wildman–Crippen MR) is 99.0 cm³/mol. The average molecular weight is 382 g/mol. The molecule has 1 rings (SSSR count). The van der Waals surface area contributed by atoms with E-state index >= 15 is 0 Å².